The zero-order valence-corrected chi connectivity index (χ0v) is 9.47. The van der Waals surface area contributed by atoms with Gasteiger partial charge in [0.1, 0.15) is 0 Å². The molecule has 0 fully saturated rings. The van der Waals surface area contributed by atoms with Gasteiger partial charge >= 0.3 is 13.2 Å². The van der Waals surface area contributed by atoms with E-state index in [1.54, 1.807) is 0 Å². The molecule has 0 aromatic rings. The molecule has 0 radical (unpaired) electrons. The Balaban J connectivity index is 4.08. The molecule has 0 atom stereocenters. The van der Waals surface area contributed by atoms with E-state index in [9.17, 15) is 8.42 Å². The molecule has 0 aromatic carbocycles. The molecule has 0 aromatic heterocycles. The van der Waals surface area contributed by atoms with E-state index in [4.69, 9.17) is 34.8 Å². The van der Waals surface area contributed by atoms with Crippen molar-refractivity contribution < 1.29 is 12.6 Å². The molecule has 0 unspecified atom stereocenters. The maximum Gasteiger partial charge on any atom is 0.317 e. The average Bonchev–Trinajstić information content (AvgIpc) is 1.85. The first-order chi connectivity index (χ1) is 5.31. The summed E-state index contributed by atoms with van der Waals surface area (Å²) in [5.41, 5.74) is 0. The molecule has 0 saturated heterocycles. The standard InChI is InChI=1S/C5H9Cl3O3S/c1-2-3-4-11-12(9,10)5(6,7)8/h2-4H2,1H3. The monoisotopic (exact) mass is 254 g/mol. The Morgan fingerprint density at radius 2 is 1.83 bits per heavy atom. The van der Waals surface area contributed by atoms with E-state index in [0.29, 0.717) is 6.42 Å². The molecule has 0 spiro atoms. The largest absolute Gasteiger partial charge is 0.317 e. The maximum absolute atomic E-state index is 10.9. The van der Waals surface area contributed by atoms with Gasteiger partial charge in [0.05, 0.1) is 6.61 Å². The normalized spacial score (nSPS) is 13.3. The first-order valence-corrected chi connectivity index (χ1v) is 5.81. The molecule has 0 aliphatic heterocycles. The summed E-state index contributed by atoms with van der Waals surface area (Å²) < 4.78 is 23.8. The van der Waals surface area contributed by atoms with Crippen molar-refractivity contribution in [2.24, 2.45) is 0 Å². The van der Waals surface area contributed by atoms with Gasteiger partial charge in [0, 0.05) is 0 Å². The fraction of sp³-hybridized carbons (Fsp3) is 1.00. The Bertz CT molecular complexity index is 219. The lowest BCUT2D eigenvalue weighted by Crippen LogP contribution is -2.22. The number of alkyl halides is 3. The van der Waals surface area contributed by atoms with E-state index in [1.807, 2.05) is 6.92 Å². The van der Waals surface area contributed by atoms with Crippen LogP contribution < -0.4 is 0 Å². The van der Waals surface area contributed by atoms with Crippen molar-refractivity contribution >= 4 is 44.9 Å². The molecule has 0 heterocycles. The van der Waals surface area contributed by atoms with Gasteiger partial charge in [-0.25, -0.2) is 0 Å². The van der Waals surface area contributed by atoms with E-state index in [2.05, 4.69) is 4.18 Å². The van der Waals surface area contributed by atoms with Crippen LogP contribution >= 0.6 is 34.8 Å². The molecule has 0 N–H and O–H groups in total. The first kappa shape index (κ1) is 12.8. The van der Waals surface area contributed by atoms with Crippen LogP contribution in [0.2, 0.25) is 0 Å². The van der Waals surface area contributed by atoms with Crippen molar-refractivity contribution in [2.75, 3.05) is 6.61 Å². The zero-order valence-electron chi connectivity index (χ0n) is 6.39. The summed E-state index contributed by atoms with van der Waals surface area (Å²) in [6.07, 6.45) is 1.43. The molecule has 0 aliphatic rings. The topological polar surface area (TPSA) is 43.4 Å². The molecule has 3 nitrogen and oxygen atoms in total. The minimum absolute atomic E-state index is 0.0484. The summed E-state index contributed by atoms with van der Waals surface area (Å²) in [6.45, 7) is 1.94. The van der Waals surface area contributed by atoms with Crippen molar-refractivity contribution in [3.8, 4) is 0 Å². The minimum atomic E-state index is -4.07. The highest BCUT2D eigenvalue weighted by Gasteiger charge is 2.38. The lowest BCUT2D eigenvalue weighted by atomic mass is 10.4. The molecule has 74 valence electrons. The summed E-state index contributed by atoms with van der Waals surface area (Å²) in [7, 11) is -4.07. The molecule has 0 amide bonds. The van der Waals surface area contributed by atoms with Gasteiger partial charge in [-0.2, -0.15) is 8.42 Å². The number of halogens is 3. The van der Waals surface area contributed by atoms with Crippen LogP contribution in [0.5, 0.6) is 0 Å². The van der Waals surface area contributed by atoms with Gasteiger partial charge in [-0.1, -0.05) is 48.1 Å². The smallest absolute Gasteiger partial charge is 0.267 e. The predicted molar refractivity (Wildman–Crippen MR) is 50.1 cm³/mol. The summed E-state index contributed by atoms with van der Waals surface area (Å²) in [5, 5.41) is 0. The first-order valence-electron chi connectivity index (χ1n) is 3.27. The third-order valence-electron chi connectivity index (χ3n) is 1.02. The summed E-state index contributed by atoms with van der Waals surface area (Å²) >= 11 is 15.4. The minimum Gasteiger partial charge on any atom is -0.267 e. The Morgan fingerprint density at radius 3 is 2.17 bits per heavy atom. The van der Waals surface area contributed by atoms with Crippen molar-refractivity contribution in [3.63, 3.8) is 0 Å². The van der Waals surface area contributed by atoms with Crippen LogP contribution in [-0.2, 0) is 14.3 Å². The Kier molecular flexibility index (Phi) is 5.18. The molecule has 7 heteroatoms. The van der Waals surface area contributed by atoms with Gasteiger partial charge < -0.3 is 0 Å². The number of hydrogen-bond donors (Lipinski definition) is 0. The quantitative estimate of drug-likeness (QED) is 0.440. The van der Waals surface area contributed by atoms with Crippen molar-refractivity contribution in [2.45, 2.75) is 22.9 Å². The van der Waals surface area contributed by atoms with Crippen LogP contribution in [0.25, 0.3) is 0 Å². The summed E-state index contributed by atoms with van der Waals surface area (Å²) in [4.78, 5) is 0. The zero-order chi connectivity index (χ0) is 9.83. The van der Waals surface area contributed by atoms with Crippen molar-refractivity contribution in [1.82, 2.24) is 0 Å². The van der Waals surface area contributed by atoms with Crippen LogP contribution in [0.15, 0.2) is 0 Å². The van der Waals surface area contributed by atoms with Gasteiger partial charge in [-0.15, -0.1) is 0 Å². The SMILES string of the molecule is CCCCOS(=O)(=O)C(Cl)(Cl)Cl. The van der Waals surface area contributed by atoms with Crippen LogP contribution in [-0.4, -0.2) is 18.1 Å². The number of hydrogen-bond acceptors (Lipinski definition) is 3. The number of rotatable bonds is 4. The second kappa shape index (κ2) is 4.86. The Hall–Kier alpha value is 0.780. The second-order valence-electron chi connectivity index (χ2n) is 2.08. The number of unbranched alkanes of at least 4 members (excludes halogenated alkanes) is 1. The van der Waals surface area contributed by atoms with E-state index < -0.39 is 13.2 Å². The highest BCUT2D eigenvalue weighted by Crippen LogP contribution is 2.33. The Labute approximate surface area is 87.1 Å². The summed E-state index contributed by atoms with van der Waals surface area (Å²) in [6, 6.07) is 0. The van der Waals surface area contributed by atoms with E-state index in [-0.39, 0.29) is 6.61 Å². The van der Waals surface area contributed by atoms with Crippen LogP contribution in [0, 0.1) is 0 Å². The molecular weight excluding hydrogens is 246 g/mol. The lowest BCUT2D eigenvalue weighted by Gasteiger charge is -2.11. The highest BCUT2D eigenvalue weighted by atomic mass is 35.6. The van der Waals surface area contributed by atoms with Crippen molar-refractivity contribution in [3.05, 3.63) is 0 Å². The van der Waals surface area contributed by atoms with Gasteiger partial charge in [-0.3, -0.25) is 4.18 Å². The fourth-order valence-corrected chi connectivity index (χ4v) is 1.25. The molecule has 0 saturated carbocycles. The highest BCUT2D eigenvalue weighted by molar-refractivity contribution is 7.92. The van der Waals surface area contributed by atoms with Crippen LogP contribution in [0.3, 0.4) is 0 Å². The third-order valence-corrected chi connectivity index (χ3v) is 3.76. The molecule has 0 rings (SSSR count). The predicted octanol–water partition coefficient (Wildman–Crippen LogP) is 2.46. The molecule has 0 bridgehead atoms. The molecule has 0 aliphatic carbocycles. The third kappa shape index (κ3) is 4.14. The van der Waals surface area contributed by atoms with Crippen molar-refractivity contribution in [1.29, 1.82) is 0 Å². The fourth-order valence-electron chi connectivity index (χ4n) is 0.380. The van der Waals surface area contributed by atoms with Gasteiger partial charge in [0.25, 0.3) is 0 Å². The molecule has 12 heavy (non-hydrogen) atoms. The van der Waals surface area contributed by atoms with E-state index in [0.717, 1.165) is 6.42 Å². The second-order valence-corrected chi connectivity index (χ2v) is 6.79. The maximum atomic E-state index is 10.9. The van der Waals surface area contributed by atoms with E-state index in [1.165, 1.54) is 0 Å². The van der Waals surface area contributed by atoms with Gasteiger partial charge in [-0.05, 0) is 6.42 Å². The lowest BCUT2D eigenvalue weighted by molar-refractivity contribution is 0.311. The van der Waals surface area contributed by atoms with Gasteiger partial charge in [0.2, 0.25) is 0 Å². The molecular formula is C5H9Cl3O3S. The van der Waals surface area contributed by atoms with Crippen LogP contribution in [0.1, 0.15) is 19.8 Å². The summed E-state index contributed by atoms with van der Waals surface area (Å²) in [5.74, 6) is 0. The van der Waals surface area contributed by atoms with E-state index >= 15 is 0 Å². The van der Waals surface area contributed by atoms with Gasteiger partial charge in [0.15, 0.2) is 0 Å². The average molecular weight is 256 g/mol. The van der Waals surface area contributed by atoms with Crippen LogP contribution in [0.4, 0.5) is 0 Å². The Morgan fingerprint density at radius 1 is 1.33 bits per heavy atom.